The van der Waals surface area contributed by atoms with Crippen LogP contribution in [0, 0.1) is 0 Å². The van der Waals surface area contributed by atoms with Crippen molar-refractivity contribution >= 4 is 11.9 Å². The fourth-order valence-electron chi connectivity index (χ4n) is 2.94. The summed E-state index contributed by atoms with van der Waals surface area (Å²) in [5.74, 6) is -0.215. The minimum absolute atomic E-state index is 0.0161. The van der Waals surface area contributed by atoms with E-state index in [1.165, 1.54) is 14.2 Å². The average molecular weight is 307 g/mol. The van der Waals surface area contributed by atoms with Crippen molar-refractivity contribution in [2.24, 2.45) is 0 Å². The molecule has 1 aromatic carbocycles. The highest BCUT2D eigenvalue weighted by Crippen LogP contribution is 2.32. The van der Waals surface area contributed by atoms with Crippen LogP contribution < -0.4 is 14.8 Å². The Morgan fingerprint density at radius 2 is 1.73 bits per heavy atom. The van der Waals surface area contributed by atoms with Crippen molar-refractivity contribution in [2.75, 3.05) is 14.2 Å². The number of rotatable bonds is 6. The molecule has 1 amide bonds. The molecule has 0 heterocycles. The molecule has 120 valence electrons. The number of carboxylic acid groups (broad SMARTS) is 1. The van der Waals surface area contributed by atoms with E-state index in [2.05, 4.69) is 5.32 Å². The Bertz CT molecular complexity index is 541. The summed E-state index contributed by atoms with van der Waals surface area (Å²) in [6.45, 7) is 0. The molecule has 0 radical (unpaired) electrons. The highest BCUT2D eigenvalue weighted by Gasteiger charge is 2.42. The lowest BCUT2D eigenvalue weighted by Gasteiger charge is -2.25. The van der Waals surface area contributed by atoms with Crippen LogP contribution in [0.1, 0.15) is 31.2 Å². The first kappa shape index (κ1) is 16.1. The fraction of sp³-hybridized carbons (Fsp3) is 0.500. The summed E-state index contributed by atoms with van der Waals surface area (Å²) in [5, 5.41) is 12.1. The SMILES string of the molecule is COc1cccc(OC)c1CC(=O)NC1(C(=O)O)CCCC1. The molecule has 1 fully saturated rings. The molecular weight excluding hydrogens is 286 g/mol. The molecule has 6 nitrogen and oxygen atoms in total. The van der Waals surface area contributed by atoms with Crippen LogP contribution in [-0.4, -0.2) is 36.7 Å². The van der Waals surface area contributed by atoms with E-state index >= 15 is 0 Å². The molecule has 0 aliphatic heterocycles. The number of amides is 1. The molecule has 0 saturated heterocycles. The minimum atomic E-state index is -1.13. The van der Waals surface area contributed by atoms with Crippen LogP contribution in [0.15, 0.2) is 18.2 Å². The number of aliphatic carboxylic acids is 1. The molecule has 1 aliphatic rings. The molecule has 0 unspecified atom stereocenters. The quantitative estimate of drug-likeness (QED) is 0.836. The highest BCUT2D eigenvalue weighted by atomic mass is 16.5. The van der Waals surface area contributed by atoms with Gasteiger partial charge in [-0.1, -0.05) is 18.9 Å². The highest BCUT2D eigenvalue weighted by molar-refractivity contribution is 5.88. The summed E-state index contributed by atoms with van der Waals surface area (Å²) in [6.07, 6.45) is 2.58. The number of ether oxygens (including phenoxy) is 2. The van der Waals surface area contributed by atoms with Crippen molar-refractivity contribution in [1.29, 1.82) is 0 Å². The number of carbonyl (C=O) groups is 2. The summed E-state index contributed by atoms with van der Waals surface area (Å²) >= 11 is 0. The number of methoxy groups -OCH3 is 2. The zero-order valence-corrected chi connectivity index (χ0v) is 12.8. The summed E-state index contributed by atoms with van der Waals surface area (Å²) in [7, 11) is 3.04. The second-order valence-electron chi connectivity index (χ2n) is 5.46. The van der Waals surface area contributed by atoms with E-state index in [1.807, 2.05) is 0 Å². The van der Waals surface area contributed by atoms with Gasteiger partial charge in [0, 0.05) is 5.56 Å². The molecule has 6 heteroatoms. The molecule has 2 N–H and O–H groups in total. The topological polar surface area (TPSA) is 84.9 Å². The molecule has 0 bridgehead atoms. The van der Waals surface area contributed by atoms with Gasteiger partial charge in [-0.15, -0.1) is 0 Å². The van der Waals surface area contributed by atoms with Crippen molar-refractivity contribution in [2.45, 2.75) is 37.6 Å². The maximum absolute atomic E-state index is 12.3. The van der Waals surface area contributed by atoms with Gasteiger partial charge in [-0.2, -0.15) is 0 Å². The van der Waals surface area contributed by atoms with Crippen molar-refractivity contribution in [3.8, 4) is 11.5 Å². The third kappa shape index (κ3) is 3.16. The lowest BCUT2D eigenvalue weighted by molar-refractivity contribution is -0.147. The Balaban J connectivity index is 2.17. The Morgan fingerprint density at radius 3 is 2.18 bits per heavy atom. The molecule has 1 saturated carbocycles. The monoisotopic (exact) mass is 307 g/mol. The Kier molecular flexibility index (Phi) is 4.90. The molecule has 1 aromatic rings. The third-order valence-corrected chi connectivity index (χ3v) is 4.11. The number of carboxylic acids is 1. The van der Waals surface area contributed by atoms with Crippen LogP contribution in [0.5, 0.6) is 11.5 Å². The number of nitrogens with one attached hydrogen (secondary N) is 1. The van der Waals surface area contributed by atoms with E-state index in [0.717, 1.165) is 12.8 Å². The molecule has 22 heavy (non-hydrogen) atoms. The standard InChI is InChI=1S/C16H21NO5/c1-21-12-6-5-7-13(22-2)11(12)10-14(18)17-16(15(19)20)8-3-4-9-16/h5-7H,3-4,8-10H2,1-2H3,(H,17,18)(H,19,20). The van der Waals surface area contributed by atoms with Crippen LogP contribution >= 0.6 is 0 Å². The average Bonchev–Trinajstić information content (AvgIpc) is 2.97. The van der Waals surface area contributed by atoms with Crippen LogP contribution in [0.25, 0.3) is 0 Å². The van der Waals surface area contributed by atoms with Gasteiger partial charge >= 0.3 is 5.97 Å². The third-order valence-electron chi connectivity index (χ3n) is 4.11. The van der Waals surface area contributed by atoms with Gasteiger partial charge < -0.3 is 19.9 Å². The van der Waals surface area contributed by atoms with Gasteiger partial charge in [0.1, 0.15) is 17.0 Å². The van der Waals surface area contributed by atoms with E-state index in [9.17, 15) is 14.7 Å². The maximum atomic E-state index is 12.3. The van der Waals surface area contributed by atoms with Gasteiger partial charge in [0.05, 0.1) is 20.6 Å². The van der Waals surface area contributed by atoms with E-state index in [0.29, 0.717) is 29.9 Å². The second-order valence-corrected chi connectivity index (χ2v) is 5.46. The summed E-state index contributed by atoms with van der Waals surface area (Å²) in [4.78, 5) is 23.8. The Hall–Kier alpha value is -2.24. The molecule has 0 aromatic heterocycles. The Labute approximate surface area is 129 Å². The fourth-order valence-corrected chi connectivity index (χ4v) is 2.94. The zero-order valence-electron chi connectivity index (χ0n) is 12.8. The first-order valence-corrected chi connectivity index (χ1v) is 7.26. The Morgan fingerprint density at radius 1 is 1.18 bits per heavy atom. The minimum Gasteiger partial charge on any atom is -0.496 e. The van der Waals surface area contributed by atoms with Crippen LogP contribution in [0.3, 0.4) is 0 Å². The van der Waals surface area contributed by atoms with Gasteiger partial charge in [0.15, 0.2) is 0 Å². The molecule has 0 atom stereocenters. The lowest BCUT2D eigenvalue weighted by atomic mass is 9.97. The first-order chi connectivity index (χ1) is 10.5. The normalized spacial score (nSPS) is 16.1. The molecular formula is C16H21NO5. The van der Waals surface area contributed by atoms with Crippen molar-refractivity contribution in [3.05, 3.63) is 23.8 Å². The number of carbonyl (C=O) groups excluding carboxylic acids is 1. The van der Waals surface area contributed by atoms with Crippen molar-refractivity contribution in [3.63, 3.8) is 0 Å². The smallest absolute Gasteiger partial charge is 0.329 e. The van der Waals surface area contributed by atoms with E-state index in [4.69, 9.17) is 9.47 Å². The first-order valence-electron chi connectivity index (χ1n) is 7.26. The predicted octanol–water partition coefficient (Wildman–Crippen LogP) is 1.76. The summed E-state index contributed by atoms with van der Waals surface area (Å²) in [5.41, 5.74) is -0.518. The van der Waals surface area contributed by atoms with Gasteiger partial charge in [-0.05, 0) is 25.0 Å². The van der Waals surface area contributed by atoms with Crippen molar-refractivity contribution in [1.82, 2.24) is 5.32 Å². The number of hydrogen-bond acceptors (Lipinski definition) is 4. The van der Waals surface area contributed by atoms with E-state index < -0.39 is 11.5 Å². The zero-order chi connectivity index (χ0) is 16.2. The predicted molar refractivity (Wildman–Crippen MR) is 80.2 cm³/mol. The van der Waals surface area contributed by atoms with Crippen LogP contribution in [0.4, 0.5) is 0 Å². The molecule has 0 spiro atoms. The van der Waals surface area contributed by atoms with Crippen LogP contribution in [0.2, 0.25) is 0 Å². The van der Waals surface area contributed by atoms with Crippen molar-refractivity contribution < 1.29 is 24.2 Å². The van der Waals surface area contributed by atoms with E-state index in [1.54, 1.807) is 18.2 Å². The van der Waals surface area contributed by atoms with Gasteiger partial charge in [-0.25, -0.2) is 4.79 Å². The summed E-state index contributed by atoms with van der Waals surface area (Å²) in [6, 6.07) is 5.26. The number of benzene rings is 1. The van der Waals surface area contributed by atoms with E-state index in [-0.39, 0.29) is 12.3 Å². The lowest BCUT2D eigenvalue weighted by Crippen LogP contribution is -2.53. The largest absolute Gasteiger partial charge is 0.496 e. The second kappa shape index (κ2) is 6.68. The van der Waals surface area contributed by atoms with Crippen LogP contribution in [-0.2, 0) is 16.0 Å². The van der Waals surface area contributed by atoms with Gasteiger partial charge in [0.25, 0.3) is 0 Å². The summed E-state index contributed by atoms with van der Waals surface area (Å²) < 4.78 is 10.5. The number of hydrogen-bond donors (Lipinski definition) is 2. The molecule has 1 aliphatic carbocycles. The van der Waals surface area contributed by atoms with Gasteiger partial charge in [-0.3, -0.25) is 4.79 Å². The maximum Gasteiger partial charge on any atom is 0.329 e. The van der Waals surface area contributed by atoms with Gasteiger partial charge in [0.2, 0.25) is 5.91 Å². The molecule has 2 rings (SSSR count).